The maximum atomic E-state index is 13.2. The molecule has 1 fully saturated rings. The van der Waals surface area contributed by atoms with Gasteiger partial charge in [0.25, 0.3) is 5.91 Å². The normalized spacial score (nSPS) is 17.9. The van der Waals surface area contributed by atoms with Crippen molar-refractivity contribution in [2.45, 2.75) is 12.5 Å². The van der Waals surface area contributed by atoms with Crippen molar-refractivity contribution < 1.29 is 23.9 Å². The summed E-state index contributed by atoms with van der Waals surface area (Å²) in [5, 5.41) is 14.6. The number of phenols is 1. The minimum Gasteiger partial charge on any atom is -0.508 e. The molecule has 162 valence electrons. The van der Waals surface area contributed by atoms with Crippen LogP contribution in [0.5, 0.6) is 5.75 Å². The Balaban J connectivity index is 1.43. The summed E-state index contributed by atoms with van der Waals surface area (Å²) in [6, 6.07) is 10.9. The van der Waals surface area contributed by atoms with Gasteiger partial charge >= 0.3 is 6.03 Å². The first-order chi connectivity index (χ1) is 15.3. The Morgan fingerprint density at radius 2 is 1.84 bits per heavy atom. The molecule has 3 N–H and O–H groups in total. The van der Waals surface area contributed by atoms with Crippen molar-refractivity contribution in [3.8, 4) is 17.1 Å². The number of nitrogens with zero attached hydrogens (tertiary/aromatic N) is 3. The van der Waals surface area contributed by atoms with Crippen LogP contribution in [0.25, 0.3) is 11.4 Å². The second kappa shape index (κ2) is 8.06. The molecule has 10 heteroatoms. The van der Waals surface area contributed by atoms with E-state index in [-0.39, 0.29) is 11.4 Å². The molecule has 1 unspecified atom stereocenters. The fourth-order valence-corrected chi connectivity index (χ4v) is 3.35. The second-order valence-corrected chi connectivity index (χ2v) is 7.35. The van der Waals surface area contributed by atoms with E-state index >= 15 is 0 Å². The van der Waals surface area contributed by atoms with Gasteiger partial charge < -0.3 is 15.7 Å². The third-order valence-electron chi connectivity index (χ3n) is 5.04. The van der Waals surface area contributed by atoms with Crippen LogP contribution in [0.1, 0.15) is 12.5 Å². The fourth-order valence-electron chi connectivity index (χ4n) is 3.35. The summed E-state index contributed by atoms with van der Waals surface area (Å²) in [5.74, 6) is -1.29. The highest BCUT2D eigenvalue weighted by atomic mass is 19.1. The van der Waals surface area contributed by atoms with E-state index < -0.39 is 35.7 Å². The zero-order valence-corrected chi connectivity index (χ0v) is 16.9. The number of amides is 4. The van der Waals surface area contributed by atoms with Crippen molar-refractivity contribution in [1.29, 1.82) is 0 Å². The number of aromatic hydroxyl groups is 1. The molecule has 1 aliphatic heterocycles. The molecule has 1 atom stereocenters. The molecule has 1 aromatic heterocycles. The van der Waals surface area contributed by atoms with Crippen LogP contribution in [0.3, 0.4) is 0 Å². The van der Waals surface area contributed by atoms with Gasteiger partial charge in [0.1, 0.15) is 23.7 Å². The van der Waals surface area contributed by atoms with E-state index in [0.29, 0.717) is 17.0 Å². The lowest BCUT2D eigenvalue weighted by Gasteiger charge is -2.22. The van der Waals surface area contributed by atoms with Crippen molar-refractivity contribution in [2.24, 2.45) is 0 Å². The summed E-state index contributed by atoms with van der Waals surface area (Å²) < 4.78 is 13.2. The molecule has 9 nitrogen and oxygen atoms in total. The lowest BCUT2D eigenvalue weighted by atomic mass is 9.92. The summed E-state index contributed by atoms with van der Waals surface area (Å²) >= 11 is 0. The smallest absolute Gasteiger partial charge is 0.325 e. The van der Waals surface area contributed by atoms with Gasteiger partial charge in [-0.15, -0.1) is 0 Å². The number of hydrogen-bond acceptors (Lipinski definition) is 6. The number of aromatic nitrogens is 2. The Kier molecular flexibility index (Phi) is 5.27. The number of phenolic OH excluding ortho intramolecular Hbond substituents is 1. The van der Waals surface area contributed by atoms with E-state index in [1.807, 2.05) is 0 Å². The number of carbonyl (C=O) groups is 3. The largest absolute Gasteiger partial charge is 0.508 e. The number of imide groups is 1. The van der Waals surface area contributed by atoms with Crippen LogP contribution in [-0.4, -0.2) is 44.4 Å². The van der Waals surface area contributed by atoms with Crippen LogP contribution >= 0.6 is 0 Å². The van der Waals surface area contributed by atoms with Gasteiger partial charge in [-0.25, -0.2) is 19.2 Å². The van der Waals surface area contributed by atoms with Gasteiger partial charge in [0.05, 0.1) is 18.1 Å². The molecular formula is C22H18FN5O4. The molecule has 4 rings (SSSR count). The van der Waals surface area contributed by atoms with Gasteiger partial charge in [-0.2, -0.15) is 0 Å². The Hall–Kier alpha value is -4.34. The number of hydrogen-bond donors (Lipinski definition) is 3. The molecule has 4 amide bonds. The van der Waals surface area contributed by atoms with Crippen molar-refractivity contribution in [3.05, 3.63) is 72.3 Å². The average Bonchev–Trinajstić information content (AvgIpc) is 2.98. The molecule has 0 aliphatic carbocycles. The highest BCUT2D eigenvalue weighted by Gasteiger charge is 2.49. The van der Waals surface area contributed by atoms with Crippen LogP contribution in [0.4, 0.5) is 14.9 Å². The minimum atomic E-state index is -1.41. The summed E-state index contributed by atoms with van der Waals surface area (Å²) in [5.41, 5.74) is -0.137. The van der Waals surface area contributed by atoms with Crippen LogP contribution in [0, 0.1) is 5.82 Å². The van der Waals surface area contributed by atoms with Crippen LogP contribution in [-0.2, 0) is 15.1 Å². The van der Waals surface area contributed by atoms with E-state index in [1.54, 1.807) is 12.1 Å². The van der Waals surface area contributed by atoms with Crippen LogP contribution in [0.2, 0.25) is 0 Å². The Morgan fingerprint density at radius 3 is 2.50 bits per heavy atom. The number of rotatable bonds is 5. The molecule has 32 heavy (non-hydrogen) atoms. The van der Waals surface area contributed by atoms with Gasteiger partial charge in [0.15, 0.2) is 5.82 Å². The Bertz CT molecular complexity index is 1200. The minimum absolute atomic E-state index is 0.0738. The van der Waals surface area contributed by atoms with E-state index in [2.05, 4.69) is 20.6 Å². The highest BCUT2D eigenvalue weighted by molar-refractivity contribution is 6.10. The molecule has 3 aromatic rings. The predicted molar refractivity (Wildman–Crippen MR) is 112 cm³/mol. The molecule has 2 aromatic carbocycles. The van der Waals surface area contributed by atoms with Gasteiger partial charge in [-0.3, -0.25) is 14.5 Å². The summed E-state index contributed by atoms with van der Waals surface area (Å²) in [4.78, 5) is 46.7. The van der Waals surface area contributed by atoms with Crippen LogP contribution < -0.4 is 10.6 Å². The summed E-state index contributed by atoms with van der Waals surface area (Å²) in [6.45, 7) is 0.974. The molecule has 0 bridgehead atoms. The SMILES string of the molecule is CC1(c2ccc(F)cc2)NC(=O)N(CC(=O)Nc2cnc(-c3cccc(O)c3)nc2)C1=O. The molecule has 0 saturated carbocycles. The van der Waals surface area contributed by atoms with Crippen molar-refractivity contribution >= 4 is 23.5 Å². The number of halogens is 1. The Morgan fingerprint density at radius 1 is 1.16 bits per heavy atom. The molecule has 0 spiro atoms. The third-order valence-corrected chi connectivity index (χ3v) is 5.04. The van der Waals surface area contributed by atoms with Crippen LogP contribution in [0.15, 0.2) is 60.9 Å². The van der Waals surface area contributed by atoms with Gasteiger partial charge in [0.2, 0.25) is 5.91 Å². The number of benzene rings is 2. The molecule has 1 aliphatic rings. The zero-order chi connectivity index (χ0) is 22.9. The first-order valence-corrected chi connectivity index (χ1v) is 9.58. The lowest BCUT2D eigenvalue weighted by molar-refractivity contribution is -0.133. The highest BCUT2D eigenvalue weighted by Crippen LogP contribution is 2.29. The average molecular weight is 435 g/mol. The summed E-state index contributed by atoms with van der Waals surface area (Å²) in [6.07, 6.45) is 2.75. The topological polar surface area (TPSA) is 125 Å². The molecule has 0 radical (unpaired) electrons. The molecule has 1 saturated heterocycles. The molecular weight excluding hydrogens is 417 g/mol. The van der Waals surface area contributed by atoms with Crippen molar-refractivity contribution in [2.75, 3.05) is 11.9 Å². The first-order valence-electron chi connectivity index (χ1n) is 9.58. The maximum absolute atomic E-state index is 13.2. The van der Waals surface area contributed by atoms with E-state index in [0.717, 1.165) is 4.90 Å². The fraction of sp³-hybridized carbons (Fsp3) is 0.136. The lowest BCUT2D eigenvalue weighted by Crippen LogP contribution is -2.42. The van der Waals surface area contributed by atoms with Gasteiger partial charge in [-0.05, 0) is 36.8 Å². The van der Waals surface area contributed by atoms with E-state index in [1.165, 1.54) is 55.7 Å². The Labute approximate surface area is 181 Å². The number of anilines is 1. The monoisotopic (exact) mass is 435 g/mol. The number of nitrogens with one attached hydrogen (secondary N) is 2. The predicted octanol–water partition coefficient (Wildman–Crippen LogP) is 2.39. The van der Waals surface area contributed by atoms with Crippen molar-refractivity contribution in [3.63, 3.8) is 0 Å². The standard InChI is InChI=1S/C22H18FN5O4/c1-22(14-5-7-15(23)8-6-14)20(31)28(21(32)27-22)12-18(30)26-16-10-24-19(25-11-16)13-3-2-4-17(29)9-13/h2-11,29H,12H2,1H3,(H,26,30)(H,27,32). The van der Waals surface area contributed by atoms with Gasteiger partial charge in [0, 0.05) is 5.56 Å². The van der Waals surface area contributed by atoms with Gasteiger partial charge in [-0.1, -0.05) is 24.3 Å². The maximum Gasteiger partial charge on any atom is 0.325 e. The zero-order valence-electron chi connectivity index (χ0n) is 16.9. The summed E-state index contributed by atoms with van der Waals surface area (Å²) in [7, 11) is 0. The number of carbonyl (C=O) groups excluding carboxylic acids is 3. The first kappa shape index (κ1) is 20.9. The second-order valence-electron chi connectivity index (χ2n) is 7.35. The quantitative estimate of drug-likeness (QED) is 0.529. The van der Waals surface area contributed by atoms with E-state index in [4.69, 9.17) is 0 Å². The number of urea groups is 1. The third kappa shape index (κ3) is 3.97. The van der Waals surface area contributed by atoms with Crippen molar-refractivity contribution in [1.82, 2.24) is 20.2 Å². The van der Waals surface area contributed by atoms with E-state index in [9.17, 15) is 23.9 Å². The molecule has 2 heterocycles.